The molecule has 1 amide bonds. The van der Waals surface area contributed by atoms with Crippen molar-refractivity contribution in [3.05, 3.63) is 0 Å². The van der Waals surface area contributed by atoms with Gasteiger partial charge in [0.05, 0.1) is 5.41 Å². The molecule has 0 aromatic rings. The van der Waals surface area contributed by atoms with Gasteiger partial charge in [-0.05, 0) is 20.8 Å². The van der Waals surface area contributed by atoms with E-state index >= 15 is 0 Å². The van der Waals surface area contributed by atoms with Gasteiger partial charge in [0.2, 0.25) is 5.91 Å². The summed E-state index contributed by atoms with van der Waals surface area (Å²) in [6.45, 7) is 4.34. The molecule has 14 heavy (non-hydrogen) atoms. The zero-order chi connectivity index (χ0) is 11.1. The molecule has 0 aromatic carbocycles. The van der Waals surface area contributed by atoms with Crippen LogP contribution in [0.15, 0.2) is 0 Å². The Bertz CT molecular complexity index is 249. The third-order valence-electron chi connectivity index (χ3n) is 2.37. The van der Waals surface area contributed by atoms with E-state index in [2.05, 4.69) is 5.43 Å². The Labute approximate surface area is 80.2 Å². The smallest absolute Gasteiger partial charge is 0.288 e. The summed E-state index contributed by atoms with van der Waals surface area (Å²) in [6, 6.07) is -1.65. The molecule has 1 aliphatic rings. The standard InChI is InChI=1S/C8H13F3N2O/c1-5(8(9,10)11)13-4-7(2,3)6(14)12-13/h5H,4H2,1-3H3,(H,12,14). The Morgan fingerprint density at radius 3 is 2.29 bits per heavy atom. The van der Waals surface area contributed by atoms with Gasteiger partial charge in [0, 0.05) is 6.54 Å². The second kappa shape index (κ2) is 3.12. The first-order valence-electron chi connectivity index (χ1n) is 4.29. The first-order valence-corrected chi connectivity index (χ1v) is 4.29. The molecule has 82 valence electrons. The highest BCUT2D eigenvalue weighted by Crippen LogP contribution is 2.30. The normalized spacial score (nSPS) is 24.9. The molecule has 1 aliphatic heterocycles. The molecule has 1 saturated heterocycles. The second-order valence-corrected chi connectivity index (χ2v) is 4.17. The molecular formula is C8H13F3N2O. The summed E-state index contributed by atoms with van der Waals surface area (Å²) in [6.07, 6.45) is -4.31. The molecule has 0 aromatic heterocycles. The van der Waals surface area contributed by atoms with E-state index in [1.165, 1.54) is 0 Å². The van der Waals surface area contributed by atoms with Crippen LogP contribution in [0.2, 0.25) is 0 Å². The van der Waals surface area contributed by atoms with Crippen LogP contribution in [-0.2, 0) is 4.79 Å². The number of nitrogens with zero attached hydrogens (tertiary/aromatic N) is 1. The minimum absolute atomic E-state index is 0.0759. The van der Waals surface area contributed by atoms with Crippen LogP contribution in [-0.4, -0.2) is 29.7 Å². The molecule has 1 heterocycles. The Morgan fingerprint density at radius 2 is 2.00 bits per heavy atom. The summed E-state index contributed by atoms with van der Waals surface area (Å²) >= 11 is 0. The van der Waals surface area contributed by atoms with Crippen molar-refractivity contribution in [2.24, 2.45) is 5.41 Å². The van der Waals surface area contributed by atoms with E-state index < -0.39 is 17.6 Å². The Kier molecular flexibility index (Phi) is 2.51. The van der Waals surface area contributed by atoms with E-state index in [9.17, 15) is 18.0 Å². The van der Waals surface area contributed by atoms with Crippen LogP contribution in [0.1, 0.15) is 20.8 Å². The van der Waals surface area contributed by atoms with Gasteiger partial charge in [0.25, 0.3) is 0 Å². The fourth-order valence-corrected chi connectivity index (χ4v) is 1.23. The molecule has 1 rings (SSSR count). The average Bonchev–Trinajstić information content (AvgIpc) is 2.23. The van der Waals surface area contributed by atoms with Crippen molar-refractivity contribution in [1.29, 1.82) is 0 Å². The second-order valence-electron chi connectivity index (χ2n) is 4.17. The number of hydrazine groups is 1. The zero-order valence-electron chi connectivity index (χ0n) is 8.27. The van der Waals surface area contributed by atoms with Gasteiger partial charge < -0.3 is 0 Å². The molecule has 3 nitrogen and oxygen atoms in total. The first kappa shape index (κ1) is 11.3. The van der Waals surface area contributed by atoms with E-state index in [4.69, 9.17) is 0 Å². The maximum absolute atomic E-state index is 12.3. The molecule has 1 fully saturated rings. The van der Waals surface area contributed by atoms with Crippen molar-refractivity contribution in [3.63, 3.8) is 0 Å². The van der Waals surface area contributed by atoms with E-state index in [1.807, 2.05) is 0 Å². The average molecular weight is 210 g/mol. The monoisotopic (exact) mass is 210 g/mol. The van der Waals surface area contributed by atoms with Crippen LogP contribution < -0.4 is 5.43 Å². The van der Waals surface area contributed by atoms with E-state index in [0.717, 1.165) is 11.9 Å². The fourth-order valence-electron chi connectivity index (χ4n) is 1.23. The van der Waals surface area contributed by atoms with Crippen LogP contribution in [0, 0.1) is 5.41 Å². The molecular weight excluding hydrogens is 197 g/mol. The highest BCUT2D eigenvalue weighted by Gasteiger charge is 2.47. The largest absolute Gasteiger partial charge is 0.405 e. The Balaban J connectivity index is 2.72. The highest BCUT2D eigenvalue weighted by atomic mass is 19.4. The lowest BCUT2D eigenvalue weighted by Gasteiger charge is -2.25. The lowest BCUT2D eigenvalue weighted by atomic mass is 9.94. The maximum atomic E-state index is 12.3. The summed E-state index contributed by atoms with van der Waals surface area (Å²) in [5.74, 6) is -0.367. The van der Waals surface area contributed by atoms with Crippen molar-refractivity contribution in [1.82, 2.24) is 10.4 Å². The molecule has 0 saturated carbocycles. The Morgan fingerprint density at radius 1 is 1.50 bits per heavy atom. The van der Waals surface area contributed by atoms with E-state index in [1.54, 1.807) is 13.8 Å². The molecule has 0 spiro atoms. The molecule has 6 heteroatoms. The first-order chi connectivity index (χ1) is 6.14. The SMILES string of the molecule is CC(N1CC(C)(C)C(=O)N1)C(F)(F)F. The van der Waals surface area contributed by atoms with Gasteiger partial charge >= 0.3 is 6.18 Å². The van der Waals surface area contributed by atoms with Crippen molar-refractivity contribution < 1.29 is 18.0 Å². The number of carbonyl (C=O) groups excluding carboxylic acids is 1. The number of nitrogens with one attached hydrogen (secondary N) is 1. The van der Waals surface area contributed by atoms with Gasteiger partial charge in [-0.1, -0.05) is 0 Å². The summed E-state index contributed by atoms with van der Waals surface area (Å²) in [4.78, 5) is 11.2. The van der Waals surface area contributed by atoms with Crippen LogP contribution in [0.25, 0.3) is 0 Å². The number of rotatable bonds is 1. The maximum Gasteiger partial charge on any atom is 0.405 e. The van der Waals surface area contributed by atoms with Gasteiger partial charge in [-0.2, -0.15) is 13.2 Å². The predicted octanol–water partition coefficient (Wildman–Crippen LogP) is 1.31. The van der Waals surface area contributed by atoms with E-state index in [-0.39, 0.29) is 12.5 Å². The van der Waals surface area contributed by atoms with Gasteiger partial charge in [-0.15, -0.1) is 0 Å². The quantitative estimate of drug-likeness (QED) is 0.707. The van der Waals surface area contributed by atoms with Crippen molar-refractivity contribution in [2.45, 2.75) is 33.0 Å². The van der Waals surface area contributed by atoms with Crippen LogP contribution >= 0.6 is 0 Å². The lowest BCUT2D eigenvalue weighted by Crippen LogP contribution is -2.48. The van der Waals surface area contributed by atoms with Crippen LogP contribution in [0.4, 0.5) is 13.2 Å². The molecule has 0 radical (unpaired) electrons. The van der Waals surface area contributed by atoms with Gasteiger partial charge in [0.15, 0.2) is 0 Å². The fraction of sp³-hybridized carbons (Fsp3) is 0.875. The molecule has 0 bridgehead atoms. The molecule has 0 aliphatic carbocycles. The third kappa shape index (κ3) is 2.00. The molecule has 1 atom stereocenters. The minimum Gasteiger partial charge on any atom is -0.288 e. The molecule has 1 unspecified atom stereocenters. The number of hydrogen-bond acceptors (Lipinski definition) is 2. The summed E-state index contributed by atoms with van der Waals surface area (Å²) in [5, 5.41) is 0.933. The number of alkyl halides is 3. The van der Waals surface area contributed by atoms with Crippen LogP contribution in [0.3, 0.4) is 0 Å². The number of halogens is 3. The van der Waals surface area contributed by atoms with Crippen LogP contribution in [0.5, 0.6) is 0 Å². The number of amides is 1. The number of carbonyl (C=O) groups is 1. The minimum atomic E-state index is -4.31. The highest BCUT2D eigenvalue weighted by molar-refractivity contribution is 5.83. The summed E-state index contributed by atoms with van der Waals surface area (Å²) in [5.41, 5.74) is 1.47. The lowest BCUT2D eigenvalue weighted by molar-refractivity contribution is -0.183. The summed E-state index contributed by atoms with van der Waals surface area (Å²) < 4.78 is 36.9. The zero-order valence-corrected chi connectivity index (χ0v) is 8.27. The molecule has 1 N–H and O–H groups in total. The Hall–Kier alpha value is -0.780. The van der Waals surface area contributed by atoms with Gasteiger partial charge in [0.1, 0.15) is 6.04 Å². The predicted molar refractivity (Wildman–Crippen MR) is 44.1 cm³/mol. The van der Waals surface area contributed by atoms with Crippen molar-refractivity contribution in [3.8, 4) is 0 Å². The number of hydrogen-bond donors (Lipinski definition) is 1. The van der Waals surface area contributed by atoms with Gasteiger partial charge in [-0.3, -0.25) is 10.2 Å². The third-order valence-corrected chi connectivity index (χ3v) is 2.37. The topological polar surface area (TPSA) is 32.3 Å². The summed E-state index contributed by atoms with van der Waals surface area (Å²) in [7, 11) is 0. The van der Waals surface area contributed by atoms with Gasteiger partial charge in [-0.25, -0.2) is 5.01 Å². The van der Waals surface area contributed by atoms with E-state index in [0.29, 0.717) is 0 Å². The van der Waals surface area contributed by atoms with Crippen molar-refractivity contribution in [2.75, 3.05) is 6.54 Å². The van der Waals surface area contributed by atoms with Crippen molar-refractivity contribution >= 4 is 5.91 Å².